The minimum atomic E-state index is -0.152. The van der Waals surface area contributed by atoms with Crippen molar-refractivity contribution in [2.45, 2.75) is 26.2 Å². The van der Waals surface area contributed by atoms with Crippen molar-refractivity contribution in [3.05, 3.63) is 36.0 Å². The molecule has 1 aliphatic rings. The number of likely N-dealkylation sites (tertiary alicyclic amines) is 1. The van der Waals surface area contributed by atoms with E-state index in [0.717, 1.165) is 49.1 Å². The molecule has 0 spiro atoms. The van der Waals surface area contributed by atoms with Crippen LogP contribution in [0.1, 0.15) is 36.5 Å². The number of carbonyl (C=O) groups is 1. The standard InChI is InChI=1S/C17H22N4O/c1-2-9-21-10-7-13(8-11-21)19-20-17(22)15-12-18-16-6-4-3-5-14(15)16/h3-6,12,18H,2,7-11H2,1H3,(H,20,22). The van der Waals surface area contributed by atoms with E-state index in [1.807, 2.05) is 24.3 Å². The van der Waals surface area contributed by atoms with Crippen molar-refractivity contribution in [3.63, 3.8) is 0 Å². The van der Waals surface area contributed by atoms with Gasteiger partial charge in [-0.1, -0.05) is 25.1 Å². The van der Waals surface area contributed by atoms with Crippen LogP contribution >= 0.6 is 0 Å². The molecule has 2 heterocycles. The second-order valence-electron chi connectivity index (χ2n) is 5.71. The number of hydrogen-bond acceptors (Lipinski definition) is 3. The maximum absolute atomic E-state index is 12.3. The van der Waals surface area contributed by atoms with E-state index in [0.29, 0.717) is 5.56 Å². The van der Waals surface area contributed by atoms with Crippen LogP contribution in [0.3, 0.4) is 0 Å². The van der Waals surface area contributed by atoms with E-state index in [2.05, 4.69) is 27.3 Å². The number of rotatable bonds is 4. The van der Waals surface area contributed by atoms with Gasteiger partial charge in [-0.15, -0.1) is 0 Å². The van der Waals surface area contributed by atoms with Gasteiger partial charge >= 0.3 is 0 Å². The summed E-state index contributed by atoms with van der Waals surface area (Å²) < 4.78 is 0. The Morgan fingerprint density at radius 2 is 2.09 bits per heavy atom. The van der Waals surface area contributed by atoms with Crippen molar-refractivity contribution in [3.8, 4) is 0 Å². The first kappa shape index (κ1) is 14.8. The molecular formula is C17H22N4O. The molecule has 0 unspecified atom stereocenters. The second-order valence-corrected chi connectivity index (χ2v) is 5.71. The molecule has 2 aromatic rings. The van der Waals surface area contributed by atoms with Gasteiger partial charge in [0.25, 0.3) is 5.91 Å². The second kappa shape index (κ2) is 6.75. The minimum absolute atomic E-state index is 0.152. The molecule has 2 N–H and O–H groups in total. The molecule has 116 valence electrons. The predicted molar refractivity (Wildman–Crippen MR) is 89.2 cm³/mol. The topological polar surface area (TPSA) is 60.5 Å². The molecule has 1 amide bonds. The molecule has 0 atom stereocenters. The fraction of sp³-hybridized carbons (Fsp3) is 0.412. The Morgan fingerprint density at radius 1 is 1.32 bits per heavy atom. The Labute approximate surface area is 130 Å². The molecule has 5 heteroatoms. The van der Waals surface area contributed by atoms with Gasteiger partial charge < -0.3 is 9.88 Å². The number of H-pyrrole nitrogens is 1. The van der Waals surface area contributed by atoms with Gasteiger partial charge in [0.2, 0.25) is 0 Å². The Bertz CT molecular complexity index is 679. The van der Waals surface area contributed by atoms with Crippen LogP contribution < -0.4 is 5.43 Å². The first-order valence-corrected chi connectivity index (χ1v) is 7.92. The van der Waals surface area contributed by atoms with Crippen LogP contribution in [0.5, 0.6) is 0 Å². The molecule has 0 bridgehead atoms. The maximum atomic E-state index is 12.3. The van der Waals surface area contributed by atoms with Crippen LogP contribution in [0.4, 0.5) is 0 Å². The Kier molecular flexibility index (Phi) is 4.53. The highest BCUT2D eigenvalue weighted by molar-refractivity contribution is 6.07. The summed E-state index contributed by atoms with van der Waals surface area (Å²) in [5, 5.41) is 5.25. The van der Waals surface area contributed by atoms with E-state index >= 15 is 0 Å². The zero-order valence-corrected chi connectivity index (χ0v) is 12.9. The van der Waals surface area contributed by atoms with Gasteiger partial charge in [0, 0.05) is 48.7 Å². The largest absolute Gasteiger partial charge is 0.360 e. The average molecular weight is 298 g/mol. The van der Waals surface area contributed by atoms with Crippen molar-refractivity contribution in [2.75, 3.05) is 19.6 Å². The van der Waals surface area contributed by atoms with Crippen LogP contribution in [0.25, 0.3) is 10.9 Å². The number of hydrogen-bond donors (Lipinski definition) is 2. The number of benzene rings is 1. The van der Waals surface area contributed by atoms with Gasteiger partial charge in [-0.3, -0.25) is 4.79 Å². The van der Waals surface area contributed by atoms with Gasteiger partial charge in [-0.05, 0) is 19.0 Å². The Morgan fingerprint density at radius 3 is 2.86 bits per heavy atom. The van der Waals surface area contributed by atoms with Crippen LogP contribution in [0.2, 0.25) is 0 Å². The molecule has 1 saturated heterocycles. The average Bonchev–Trinajstić information content (AvgIpc) is 2.98. The van der Waals surface area contributed by atoms with E-state index in [9.17, 15) is 4.79 Å². The van der Waals surface area contributed by atoms with E-state index in [4.69, 9.17) is 0 Å². The van der Waals surface area contributed by atoms with Crippen molar-refractivity contribution in [2.24, 2.45) is 5.10 Å². The first-order chi connectivity index (χ1) is 10.8. The molecular weight excluding hydrogens is 276 g/mol. The van der Waals surface area contributed by atoms with Crippen molar-refractivity contribution >= 4 is 22.5 Å². The fourth-order valence-corrected chi connectivity index (χ4v) is 2.91. The van der Waals surface area contributed by atoms with Crippen molar-refractivity contribution < 1.29 is 4.79 Å². The van der Waals surface area contributed by atoms with E-state index in [-0.39, 0.29) is 5.91 Å². The summed E-state index contributed by atoms with van der Waals surface area (Å²) in [4.78, 5) is 17.8. The lowest BCUT2D eigenvalue weighted by molar-refractivity contribution is 0.0956. The number of carbonyl (C=O) groups excluding carboxylic acids is 1. The summed E-state index contributed by atoms with van der Waals surface area (Å²) >= 11 is 0. The molecule has 1 aromatic heterocycles. The summed E-state index contributed by atoms with van der Waals surface area (Å²) in [7, 11) is 0. The van der Waals surface area contributed by atoms with Crippen LogP contribution in [0, 0.1) is 0 Å². The molecule has 5 nitrogen and oxygen atoms in total. The molecule has 1 aromatic carbocycles. The lowest BCUT2D eigenvalue weighted by Gasteiger charge is -2.26. The molecule has 1 fully saturated rings. The number of fused-ring (bicyclic) bond motifs is 1. The lowest BCUT2D eigenvalue weighted by atomic mass is 10.1. The van der Waals surface area contributed by atoms with Crippen LogP contribution in [0.15, 0.2) is 35.6 Å². The third-order valence-electron chi connectivity index (χ3n) is 4.12. The highest BCUT2D eigenvalue weighted by Gasteiger charge is 2.15. The summed E-state index contributed by atoms with van der Waals surface area (Å²) in [6, 6.07) is 7.78. The van der Waals surface area contributed by atoms with E-state index in [1.54, 1.807) is 6.20 Å². The number of nitrogens with zero attached hydrogens (tertiary/aromatic N) is 2. The first-order valence-electron chi connectivity index (χ1n) is 7.92. The summed E-state index contributed by atoms with van der Waals surface area (Å²) in [5.41, 5.74) is 5.40. The minimum Gasteiger partial charge on any atom is -0.360 e. The third kappa shape index (κ3) is 3.20. The molecule has 0 saturated carbocycles. The highest BCUT2D eigenvalue weighted by Crippen LogP contribution is 2.17. The fourth-order valence-electron chi connectivity index (χ4n) is 2.91. The summed E-state index contributed by atoms with van der Waals surface area (Å²) in [6.45, 7) is 5.42. The zero-order chi connectivity index (χ0) is 15.4. The molecule has 1 aliphatic heterocycles. The van der Waals surface area contributed by atoms with E-state index < -0.39 is 0 Å². The van der Waals surface area contributed by atoms with Gasteiger partial charge in [-0.2, -0.15) is 5.10 Å². The molecule has 0 aliphatic carbocycles. The maximum Gasteiger partial charge on any atom is 0.273 e. The lowest BCUT2D eigenvalue weighted by Crippen LogP contribution is -2.35. The Balaban J connectivity index is 1.62. The smallest absolute Gasteiger partial charge is 0.273 e. The molecule has 22 heavy (non-hydrogen) atoms. The highest BCUT2D eigenvalue weighted by atomic mass is 16.2. The zero-order valence-electron chi connectivity index (χ0n) is 12.9. The number of hydrazone groups is 1. The van der Waals surface area contributed by atoms with Crippen molar-refractivity contribution in [1.82, 2.24) is 15.3 Å². The van der Waals surface area contributed by atoms with Crippen molar-refractivity contribution in [1.29, 1.82) is 0 Å². The Hall–Kier alpha value is -2.14. The number of para-hydroxylation sites is 1. The number of aromatic amines is 1. The monoisotopic (exact) mass is 298 g/mol. The summed E-state index contributed by atoms with van der Waals surface area (Å²) in [5.74, 6) is -0.152. The quantitative estimate of drug-likeness (QED) is 0.853. The van der Waals surface area contributed by atoms with Gasteiger partial charge in [0.1, 0.15) is 0 Å². The summed E-state index contributed by atoms with van der Waals surface area (Å²) in [6.07, 6.45) is 4.80. The van der Waals surface area contributed by atoms with Gasteiger partial charge in [0.05, 0.1) is 5.56 Å². The third-order valence-corrected chi connectivity index (χ3v) is 4.12. The number of piperidine rings is 1. The molecule has 0 radical (unpaired) electrons. The normalized spacial score (nSPS) is 16.0. The number of aromatic nitrogens is 1. The predicted octanol–water partition coefficient (Wildman–Crippen LogP) is 2.76. The van der Waals surface area contributed by atoms with Gasteiger partial charge in [-0.25, -0.2) is 5.43 Å². The van der Waals surface area contributed by atoms with E-state index in [1.165, 1.54) is 6.42 Å². The van der Waals surface area contributed by atoms with Gasteiger partial charge in [0.15, 0.2) is 0 Å². The number of nitrogens with one attached hydrogen (secondary N) is 2. The molecule has 3 rings (SSSR count). The SMILES string of the molecule is CCCN1CCC(=NNC(=O)c2c[nH]c3ccccc23)CC1. The number of amides is 1. The van der Waals surface area contributed by atoms with Crippen LogP contribution in [-0.2, 0) is 0 Å². The van der Waals surface area contributed by atoms with Crippen LogP contribution in [-0.4, -0.2) is 41.1 Å².